The molecule has 0 radical (unpaired) electrons. The van der Waals surface area contributed by atoms with Gasteiger partial charge in [-0.3, -0.25) is 0 Å². The van der Waals surface area contributed by atoms with Crippen LogP contribution in [0.5, 0.6) is 0 Å². The predicted molar refractivity (Wildman–Crippen MR) is 148 cm³/mol. The van der Waals surface area contributed by atoms with Crippen molar-refractivity contribution in [3.8, 4) is 0 Å². The highest BCUT2D eigenvalue weighted by Gasteiger charge is 1.84. The number of nitrogens with zero attached hydrogens (tertiary/aromatic N) is 1. The van der Waals surface area contributed by atoms with Gasteiger partial charge in [0, 0.05) is 32.7 Å². The summed E-state index contributed by atoms with van der Waals surface area (Å²) in [5.41, 5.74) is 7.07. The van der Waals surface area contributed by atoms with Crippen LogP contribution < -0.4 is 11.1 Å². The molecule has 31 heavy (non-hydrogen) atoms. The van der Waals surface area contributed by atoms with Gasteiger partial charge >= 0.3 is 0 Å². The van der Waals surface area contributed by atoms with Crippen LogP contribution in [0.3, 0.4) is 0 Å². The molecule has 0 atom stereocenters. The summed E-state index contributed by atoms with van der Waals surface area (Å²) < 4.78 is 0. The summed E-state index contributed by atoms with van der Waals surface area (Å²) in [5, 5.41) is 9.63. The summed E-state index contributed by atoms with van der Waals surface area (Å²) in [6.07, 6.45) is 9.70. The lowest BCUT2D eigenvalue weighted by atomic mass is 10.2. The summed E-state index contributed by atoms with van der Waals surface area (Å²) >= 11 is 0. The van der Waals surface area contributed by atoms with Crippen LogP contribution in [-0.2, 0) is 0 Å². The molecule has 0 saturated heterocycles. The summed E-state index contributed by atoms with van der Waals surface area (Å²) in [5.74, 6) is 1.77. The summed E-state index contributed by atoms with van der Waals surface area (Å²) in [4.78, 5) is 3.25. The van der Waals surface area contributed by atoms with Crippen molar-refractivity contribution >= 4 is 12.9 Å². The van der Waals surface area contributed by atoms with Gasteiger partial charge in [0.05, 0.1) is 0 Å². The standard InChI is InChI=1S/C8H9N.2C5H12.C4H10.C3H8N2.C2H5N/c1-7-3-2-4-8(5-7)6-9;2*1-4-5(2)3;1-3-4-2;1-5-3-2-4;1-3-2/h2-6,9H,1H3;2*5H,4H2,1-3H3;3-4H2,1-2H3;2-3,5H,4H2,1H3;1H2,2H3/b;;;;3-2+;. The van der Waals surface area contributed by atoms with E-state index in [4.69, 9.17) is 11.1 Å². The van der Waals surface area contributed by atoms with Gasteiger partial charge < -0.3 is 21.5 Å². The van der Waals surface area contributed by atoms with Crippen LogP contribution in [0.4, 0.5) is 0 Å². The zero-order valence-corrected chi connectivity index (χ0v) is 22.8. The van der Waals surface area contributed by atoms with Crippen LogP contribution in [0.2, 0.25) is 0 Å². The molecule has 0 spiro atoms. The number of aryl methyl sites for hydroxylation is 1. The van der Waals surface area contributed by atoms with Crippen LogP contribution >= 0.6 is 0 Å². The van der Waals surface area contributed by atoms with Crippen molar-refractivity contribution in [2.75, 3.05) is 14.1 Å². The third kappa shape index (κ3) is 65.5. The lowest BCUT2D eigenvalue weighted by Crippen LogP contribution is -1.93. The molecule has 0 aromatic heterocycles. The van der Waals surface area contributed by atoms with E-state index in [2.05, 4.69) is 72.4 Å². The third-order valence-corrected chi connectivity index (χ3v) is 3.60. The Morgan fingerprint density at radius 3 is 1.55 bits per heavy atom. The van der Waals surface area contributed by atoms with Gasteiger partial charge in [0.1, 0.15) is 0 Å². The van der Waals surface area contributed by atoms with Crippen molar-refractivity contribution < 1.29 is 0 Å². The van der Waals surface area contributed by atoms with Crippen LogP contribution in [0.1, 0.15) is 92.2 Å². The Kier molecular flexibility index (Phi) is 48.9. The molecule has 1 aromatic rings. The average Bonchev–Trinajstić information content (AvgIpc) is 2.76. The second-order valence-electron chi connectivity index (χ2n) is 7.63. The first-order chi connectivity index (χ1) is 14.6. The SMILES string of the molecule is C=NC.CCC(C)C.CCC(C)C.CCCC.CN/C=C/N.Cc1cccc(C=N)c1. The normalized spacial score (nSPS) is 8.55. The smallest absolute Gasteiger partial charge is 0.0269 e. The molecule has 4 nitrogen and oxygen atoms in total. The molecule has 0 aliphatic carbocycles. The lowest BCUT2D eigenvalue weighted by molar-refractivity contribution is 0.626. The average molecular weight is 437 g/mol. The van der Waals surface area contributed by atoms with E-state index in [-0.39, 0.29) is 0 Å². The van der Waals surface area contributed by atoms with Crippen LogP contribution in [0, 0.1) is 24.2 Å². The molecule has 1 aromatic carbocycles. The highest BCUT2D eigenvalue weighted by atomic mass is 14.8. The minimum Gasteiger partial charge on any atom is -0.403 e. The number of nitrogens with two attached hydrogens (primary N) is 1. The third-order valence-electron chi connectivity index (χ3n) is 3.60. The zero-order chi connectivity index (χ0) is 25.5. The van der Waals surface area contributed by atoms with Crippen molar-refractivity contribution in [2.24, 2.45) is 22.6 Å². The van der Waals surface area contributed by atoms with E-state index >= 15 is 0 Å². The molecule has 0 aliphatic heterocycles. The van der Waals surface area contributed by atoms with E-state index in [0.717, 1.165) is 17.4 Å². The molecule has 1 rings (SSSR count). The van der Waals surface area contributed by atoms with Gasteiger partial charge in [-0.2, -0.15) is 0 Å². The molecule has 0 saturated carbocycles. The van der Waals surface area contributed by atoms with Crippen LogP contribution in [0.15, 0.2) is 41.7 Å². The predicted octanol–water partition coefficient (Wildman–Crippen LogP) is 7.86. The molecular weight excluding hydrogens is 380 g/mol. The van der Waals surface area contributed by atoms with E-state index in [1.165, 1.54) is 43.7 Å². The summed E-state index contributed by atoms with van der Waals surface area (Å²) in [6.45, 7) is 22.8. The van der Waals surface area contributed by atoms with E-state index in [0.29, 0.717) is 0 Å². The molecule has 0 aliphatic rings. The van der Waals surface area contributed by atoms with Crippen LogP contribution in [-0.4, -0.2) is 27.0 Å². The van der Waals surface area contributed by atoms with Crippen molar-refractivity contribution in [1.29, 1.82) is 5.41 Å². The first-order valence-corrected chi connectivity index (χ1v) is 11.6. The quantitative estimate of drug-likeness (QED) is 0.411. The van der Waals surface area contributed by atoms with E-state index in [1.54, 1.807) is 20.3 Å². The van der Waals surface area contributed by atoms with Crippen molar-refractivity contribution in [2.45, 2.75) is 88.0 Å². The fourth-order valence-electron chi connectivity index (χ4n) is 0.856. The van der Waals surface area contributed by atoms with E-state index < -0.39 is 0 Å². The van der Waals surface area contributed by atoms with Gasteiger partial charge in [-0.05, 0) is 31.0 Å². The van der Waals surface area contributed by atoms with Gasteiger partial charge in [0.25, 0.3) is 0 Å². The number of benzene rings is 1. The van der Waals surface area contributed by atoms with Gasteiger partial charge in [-0.25, -0.2) is 0 Å². The first kappa shape index (κ1) is 39.4. The molecule has 0 bridgehead atoms. The highest BCUT2D eigenvalue weighted by Crippen LogP contribution is 1.99. The fourth-order valence-corrected chi connectivity index (χ4v) is 0.856. The second kappa shape index (κ2) is 38.5. The number of aliphatic imine (C=N–C) groups is 1. The number of rotatable bonds is 5. The second-order valence-corrected chi connectivity index (χ2v) is 7.63. The minimum absolute atomic E-state index is 0.884. The number of hydrogen-bond donors (Lipinski definition) is 3. The molecule has 4 heteroatoms. The number of hydrogen-bond acceptors (Lipinski definition) is 4. The Labute approximate surface area is 196 Å². The zero-order valence-electron chi connectivity index (χ0n) is 22.8. The molecule has 184 valence electrons. The maximum absolute atomic E-state index is 6.92. The summed E-state index contributed by atoms with van der Waals surface area (Å²) in [7, 11) is 3.43. The monoisotopic (exact) mass is 436 g/mol. The number of nitrogens with one attached hydrogen (secondary N) is 2. The Hall–Kier alpha value is -2.10. The number of unbranched alkanes of at least 4 members (excludes halogenated alkanes) is 1. The largest absolute Gasteiger partial charge is 0.403 e. The van der Waals surface area contributed by atoms with Gasteiger partial charge in [-0.15, -0.1) is 0 Å². The fraction of sp³-hybridized carbons (Fsp3) is 0.630. The Morgan fingerprint density at radius 2 is 1.42 bits per heavy atom. The van der Waals surface area contributed by atoms with Crippen molar-refractivity contribution in [1.82, 2.24) is 5.32 Å². The summed E-state index contributed by atoms with van der Waals surface area (Å²) in [6, 6.07) is 7.87. The Bertz CT molecular complexity index is 456. The maximum Gasteiger partial charge on any atom is 0.0269 e. The van der Waals surface area contributed by atoms with Gasteiger partial charge in [0.15, 0.2) is 0 Å². The lowest BCUT2D eigenvalue weighted by Gasteiger charge is -1.91. The van der Waals surface area contributed by atoms with Crippen molar-refractivity contribution in [3.05, 3.63) is 47.8 Å². The molecular formula is C27H56N4. The Morgan fingerprint density at radius 1 is 1.03 bits per heavy atom. The molecule has 0 fully saturated rings. The van der Waals surface area contributed by atoms with Gasteiger partial charge in [0.2, 0.25) is 0 Å². The maximum atomic E-state index is 6.92. The van der Waals surface area contributed by atoms with E-state index in [1.807, 2.05) is 31.2 Å². The van der Waals surface area contributed by atoms with Crippen LogP contribution in [0.25, 0.3) is 0 Å². The molecule has 0 heterocycles. The van der Waals surface area contributed by atoms with E-state index in [9.17, 15) is 0 Å². The molecule has 0 amide bonds. The van der Waals surface area contributed by atoms with Crippen molar-refractivity contribution in [3.63, 3.8) is 0 Å². The molecule has 4 N–H and O–H groups in total. The van der Waals surface area contributed by atoms with Gasteiger partial charge in [-0.1, -0.05) is 111 Å². The topological polar surface area (TPSA) is 74.3 Å². The highest BCUT2D eigenvalue weighted by molar-refractivity contribution is 5.76. The molecule has 0 unspecified atom stereocenters. The minimum atomic E-state index is 0.884. The first-order valence-electron chi connectivity index (χ1n) is 11.6. The Balaban J connectivity index is -0.0000000913.